The Morgan fingerprint density at radius 3 is 2.45 bits per heavy atom. The molecule has 1 aliphatic heterocycles. The number of ether oxygens (including phenoxy) is 3. The van der Waals surface area contributed by atoms with E-state index in [4.69, 9.17) is 14.2 Å². The molecule has 3 nitrogen and oxygen atoms in total. The fraction of sp³-hybridized carbons (Fsp3) is 1.00. The molecule has 0 aromatic carbocycles. The van der Waals surface area contributed by atoms with Gasteiger partial charge >= 0.3 is 0 Å². The molecule has 0 aliphatic carbocycles. The van der Waals surface area contributed by atoms with E-state index < -0.39 is 0 Å². The lowest BCUT2D eigenvalue weighted by atomic mass is 10.4. The molecular weight excluding hydrogens is 164 g/mol. The van der Waals surface area contributed by atoms with Gasteiger partial charge in [-0.2, -0.15) is 0 Å². The van der Waals surface area contributed by atoms with E-state index in [-0.39, 0.29) is 6.29 Å². The molecule has 1 heterocycles. The Balaban J connectivity index is 1.99. The lowest BCUT2D eigenvalue weighted by Crippen LogP contribution is -2.32. The van der Waals surface area contributed by atoms with E-state index in [1.807, 2.05) is 11.8 Å². The van der Waals surface area contributed by atoms with Crippen molar-refractivity contribution in [3.05, 3.63) is 0 Å². The summed E-state index contributed by atoms with van der Waals surface area (Å²) in [4.78, 5) is 0. The van der Waals surface area contributed by atoms with Crippen LogP contribution in [0.2, 0.25) is 0 Å². The van der Waals surface area contributed by atoms with Gasteiger partial charge in [0.1, 0.15) is 0 Å². The fourth-order valence-electron chi connectivity index (χ4n) is 0.757. The normalized spacial score (nSPS) is 18.8. The Morgan fingerprint density at radius 1 is 1.45 bits per heavy atom. The van der Waals surface area contributed by atoms with E-state index in [2.05, 4.69) is 0 Å². The van der Waals surface area contributed by atoms with Gasteiger partial charge in [-0.05, 0) is 0 Å². The van der Waals surface area contributed by atoms with Crippen LogP contribution in [0.3, 0.4) is 0 Å². The largest absolute Gasteiger partial charge is 0.379 e. The summed E-state index contributed by atoms with van der Waals surface area (Å²) in [6, 6.07) is 0. The number of hydrogen-bond donors (Lipinski definition) is 0. The van der Waals surface area contributed by atoms with Crippen molar-refractivity contribution in [1.29, 1.82) is 0 Å². The van der Waals surface area contributed by atoms with Gasteiger partial charge in [-0.25, -0.2) is 0 Å². The van der Waals surface area contributed by atoms with Gasteiger partial charge in [0.25, 0.3) is 0 Å². The van der Waals surface area contributed by atoms with Crippen molar-refractivity contribution in [2.24, 2.45) is 0 Å². The Labute approximate surface area is 71.4 Å². The van der Waals surface area contributed by atoms with Crippen LogP contribution in [-0.2, 0) is 14.2 Å². The van der Waals surface area contributed by atoms with Crippen molar-refractivity contribution >= 4 is 11.8 Å². The van der Waals surface area contributed by atoms with E-state index >= 15 is 0 Å². The maximum Gasteiger partial charge on any atom is 0.165 e. The molecule has 66 valence electrons. The van der Waals surface area contributed by atoms with Gasteiger partial charge in [-0.3, -0.25) is 0 Å². The summed E-state index contributed by atoms with van der Waals surface area (Å²) in [7, 11) is 3.32. The second kappa shape index (κ2) is 4.98. The number of thioether (sulfide) groups is 1. The van der Waals surface area contributed by atoms with Gasteiger partial charge < -0.3 is 14.2 Å². The Morgan fingerprint density at radius 2 is 2.09 bits per heavy atom. The Bertz CT molecular complexity index is 102. The van der Waals surface area contributed by atoms with Crippen LogP contribution < -0.4 is 0 Å². The zero-order chi connectivity index (χ0) is 8.10. The Hall–Kier alpha value is 0.230. The average Bonchev–Trinajstić information content (AvgIpc) is 1.95. The summed E-state index contributed by atoms with van der Waals surface area (Å²) >= 11 is 1.85. The minimum absolute atomic E-state index is 0.0689. The molecule has 0 bridgehead atoms. The third-order valence-corrected chi connectivity index (χ3v) is 2.81. The highest BCUT2D eigenvalue weighted by Gasteiger charge is 2.20. The standard InChI is InChI=1S/C7H14O3S/c1-8-7(9-2)5-11-6-3-10-4-6/h6-7H,3-5H2,1-2H3. The third kappa shape index (κ3) is 2.99. The van der Waals surface area contributed by atoms with E-state index in [9.17, 15) is 0 Å². The molecule has 0 saturated carbocycles. The summed E-state index contributed by atoms with van der Waals surface area (Å²) in [5, 5.41) is 0.655. The number of methoxy groups -OCH3 is 2. The first-order chi connectivity index (χ1) is 5.36. The first kappa shape index (κ1) is 9.32. The van der Waals surface area contributed by atoms with Crippen LogP contribution in [0.1, 0.15) is 0 Å². The summed E-state index contributed by atoms with van der Waals surface area (Å²) in [5.41, 5.74) is 0. The minimum atomic E-state index is -0.0689. The summed E-state index contributed by atoms with van der Waals surface area (Å²) in [5.74, 6) is 0.890. The number of hydrogen-bond acceptors (Lipinski definition) is 4. The van der Waals surface area contributed by atoms with Crippen LogP contribution in [0.5, 0.6) is 0 Å². The molecular formula is C7H14O3S. The summed E-state index contributed by atoms with van der Waals surface area (Å²) in [6.07, 6.45) is -0.0689. The van der Waals surface area contributed by atoms with Crippen molar-refractivity contribution in [2.45, 2.75) is 11.5 Å². The molecule has 11 heavy (non-hydrogen) atoms. The average molecular weight is 178 g/mol. The second-order valence-electron chi connectivity index (χ2n) is 2.39. The summed E-state index contributed by atoms with van der Waals surface area (Å²) in [6.45, 7) is 1.76. The van der Waals surface area contributed by atoms with Crippen molar-refractivity contribution in [3.63, 3.8) is 0 Å². The van der Waals surface area contributed by atoms with E-state index in [1.54, 1.807) is 14.2 Å². The monoisotopic (exact) mass is 178 g/mol. The lowest BCUT2D eigenvalue weighted by molar-refractivity contribution is -0.0845. The molecule has 0 spiro atoms. The molecule has 0 aromatic heterocycles. The molecule has 0 atom stereocenters. The smallest absolute Gasteiger partial charge is 0.165 e. The molecule has 1 fully saturated rings. The quantitative estimate of drug-likeness (QED) is 0.580. The number of rotatable bonds is 5. The zero-order valence-corrected chi connectivity index (χ0v) is 7.73. The van der Waals surface area contributed by atoms with Gasteiger partial charge in [0, 0.05) is 20.0 Å². The molecule has 0 unspecified atom stereocenters. The topological polar surface area (TPSA) is 27.7 Å². The molecule has 0 radical (unpaired) electrons. The van der Waals surface area contributed by atoms with Gasteiger partial charge in [0.05, 0.1) is 18.5 Å². The maximum absolute atomic E-state index is 5.03. The van der Waals surface area contributed by atoms with Crippen molar-refractivity contribution in [2.75, 3.05) is 33.2 Å². The first-order valence-corrected chi connectivity index (χ1v) is 4.66. The highest BCUT2D eigenvalue weighted by molar-refractivity contribution is 8.00. The van der Waals surface area contributed by atoms with Crippen LogP contribution in [0.15, 0.2) is 0 Å². The van der Waals surface area contributed by atoms with Gasteiger partial charge in [-0.1, -0.05) is 0 Å². The SMILES string of the molecule is COC(CSC1COC1)OC. The molecule has 4 heteroatoms. The third-order valence-electron chi connectivity index (χ3n) is 1.60. The summed E-state index contributed by atoms with van der Waals surface area (Å²) < 4.78 is 15.1. The second-order valence-corrected chi connectivity index (χ2v) is 3.73. The zero-order valence-electron chi connectivity index (χ0n) is 6.91. The molecule has 1 saturated heterocycles. The highest BCUT2D eigenvalue weighted by Crippen LogP contribution is 2.20. The van der Waals surface area contributed by atoms with Crippen LogP contribution in [0, 0.1) is 0 Å². The molecule has 0 N–H and O–H groups in total. The predicted molar refractivity (Wildman–Crippen MR) is 44.9 cm³/mol. The molecule has 1 rings (SSSR count). The first-order valence-electron chi connectivity index (χ1n) is 3.61. The minimum Gasteiger partial charge on any atom is -0.379 e. The highest BCUT2D eigenvalue weighted by atomic mass is 32.2. The Kier molecular flexibility index (Phi) is 4.22. The van der Waals surface area contributed by atoms with Crippen LogP contribution in [-0.4, -0.2) is 44.7 Å². The fourth-order valence-corrected chi connectivity index (χ4v) is 1.84. The van der Waals surface area contributed by atoms with Crippen LogP contribution in [0.25, 0.3) is 0 Å². The predicted octanol–water partition coefficient (Wildman–Crippen LogP) is 0.737. The maximum atomic E-state index is 5.03. The van der Waals surface area contributed by atoms with Crippen LogP contribution >= 0.6 is 11.8 Å². The van der Waals surface area contributed by atoms with Gasteiger partial charge in [0.15, 0.2) is 6.29 Å². The van der Waals surface area contributed by atoms with E-state index in [0.717, 1.165) is 19.0 Å². The van der Waals surface area contributed by atoms with Gasteiger partial charge in [-0.15, -0.1) is 11.8 Å². The molecule has 0 aromatic rings. The lowest BCUT2D eigenvalue weighted by Gasteiger charge is -2.26. The van der Waals surface area contributed by atoms with Gasteiger partial charge in [0.2, 0.25) is 0 Å². The van der Waals surface area contributed by atoms with E-state index in [1.165, 1.54) is 0 Å². The van der Waals surface area contributed by atoms with Crippen LogP contribution in [0.4, 0.5) is 0 Å². The van der Waals surface area contributed by atoms with Crippen molar-refractivity contribution in [1.82, 2.24) is 0 Å². The molecule has 0 amide bonds. The van der Waals surface area contributed by atoms with E-state index in [0.29, 0.717) is 5.25 Å². The van der Waals surface area contributed by atoms with Crippen molar-refractivity contribution < 1.29 is 14.2 Å². The molecule has 1 aliphatic rings. The van der Waals surface area contributed by atoms with Crippen molar-refractivity contribution in [3.8, 4) is 0 Å².